The van der Waals surface area contributed by atoms with E-state index >= 15 is 0 Å². The van der Waals surface area contributed by atoms with Crippen molar-refractivity contribution in [1.29, 1.82) is 5.26 Å². The number of halogens is 2. The van der Waals surface area contributed by atoms with Gasteiger partial charge < -0.3 is 0 Å². The third-order valence-corrected chi connectivity index (χ3v) is 4.53. The van der Waals surface area contributed by atoms with Crippen LogP contribution >= 0.6 is 49.9 Å². The van der Waals surface area contributed by atoms with Crippen molar-refractivity contribution in [3.8, 4) is 6.07 Å². The lowest BCUT2D eigenvalue weighted by Gasteiger charge is -1.97. The van der Waals surface area contributed by atoms with Crippen LogP contribution in [0.4, 0.5) is 0 Å². The number of thiophene rings is 1. The van der Waals surface area contributed by atoms with E-state index in [9.17, 15) is 0 Å². The van der Waals surface area contributed by atoms with Crippen LogP contribution in [0.25, 0.3) is 10.1 Å². The lowest BCUT2D eigenvalue weighted by molar-refractivity contribution is 1.49. The topological polar surface area (TPSA) is 23.8 Å². The van der Waals surface area contributed by atoms with Gasteiger partial charge in [-0.2, -0.15) is 5.26 Å². The zero-order valence-electron chi connectivity index (χ0n) is 6.34. The molecule has 0 fully saturated rings. The van der Waals surface area contributed by atoms with Crippen LogP contribution in [-0.4, -0.2) is 0 Å². The molecule has 1 aromatic carbocycles. The van der Waals surface area contributed by atoms with Crippen LogP contribution in [-0.2, 0) is 0 Å². The molecule has 64 valence electrons. The second-order valence-corrected chi connectivity index (χ2v) is 5.42. The van der Waals surface area contributed by atoms with Crippen LogP contribution in [0.5, 0.6) is 0 Å². The van der Waals surface area contributed by atoms with E-state index < -0.39 is 0 Å². The molecule has 2 aromatic rings. The minimum atomic E-state index is 0.770. The number of fused-ring (bicyclic) bond motifs is 1. The Labute approximate surface area is 102 Å². The number of rotatable bonds is 0. The Balaban J connectivity index is 2.99. The van der Waals surface area contributed by atoms with E-state index in [1.54, 1.807) is 11.3 Å². The molecule has 0 aliphatic rings. The number of benzene rings is 1. The summed E-state index contributed by atoms with van der Waals surface area (Å²) in [6.45, 7) is 0. The van der Waals surface area contributed by atoms with Crippen LogP contribution in [0.1, 0.15) is 5.56 Å². The predicted octanol–water partition coefficient (Wildman–Crippen LogP) is 4.14. The Hall–Kier alpha value is -0.120. The highest BCUT2D eigenvalue weighted by Gasteiger charge is 2.09. The Morgan fingerprint density at radius 2 is 2.23 bits per heavy atom. The monoisotopic (exact) mass is 363 g/mol. The average Bonchev–Trinajstić information content (AvgIpc) is 2.49. The molecule has 0 amide bonds. The molecule has 0 aliphatic heterocycles. The van der Waals surface area contributed by atoms with Gasteiger partial charge in [0.05, 0.1) is 5.56 Å². The molecule has 0 spiro atoms. The Kier molecular flexibility index (Phi) is 2.58. The summed E-state index contributed by atoms with van der Waals surface area (Å²) in [5, 5.41) is 12.0. The van der Waals surface area contributed by atoms with E-state index in [-0.39, 0.29) is 0 Å². The molecule has 1 heterocycles. The second kappa shape index (κ2) is 3.56. The summed E-state index contributed by atoms with van der Waals surface area (Å²) in [5.74, 6) is 0. The highest BCUT2D eigenvalue weighted by molar-refractivity contribution is 14.1. The van der Waals surface area contributed by atoms with Gasteiger partial charge in [-0.3, -0.25) is 0 Å². The fourth-order valence-corrected chi connectivity index (χ4v) is 3.40. The molecule has 0 atom stereocenters. The predicted molar refractivity (Wildman–Crippen MR) is 67.0 cm³/mol. The molecule has 0 bridgehead atoms. The molecule has 1 nitrogen and oxygen atoms in total. The zero-order chi connectivity index (χ0) is 9.42. The minimum Gasteiger partial charge on any atom is -0.192 e. The molecule has 0 saturated carbocycles. The summed E-state index contributed by atoms with van der Waals surface area (Å²) in [6.07, 6.45) is 0. The smallest absolute Gasteiger partial charge is 0.101 e. The van der Waals surface area contributed by atoms with Gasteiger partial charge in [0.15, 0.2) is 0 Å². The molecule has 0 aliphatic carbocycles. The van der Waals surface area contributed by atoms with Crippen molar-refractivity contribution in [3.05, 3.63) is 31.1 Å². The number of hydrogen-bond acceptors (Lipinski definition) is 2. The number of hydrogen-bond donors (Lipinski definition) is 0. The number of nitriles is 1. The fourth-order valence-electron chi connectivity index (χ4n) is 1.18. The molecular weight excluding hydrogens is 361 g/mol. The first kappa shape index (κ1) is 9.44. The first-order valence-electron chi connectivity index (χ1n) is 3.49. The van der Waals surface area contributed by atoms with Gasteiger partial charge in [0.1, 0.15) is 6.07 Å². The van der Waals surface area contributed by atoms with Gasteiger partial charge >= 0.3 is 0 Å². The van der Waals surface area contributed by atoms with Crippen molar-refractivity contribution in [3.63, 3.8) is 0 Å². The van der Waals surface area contributed by atoms with Crippen LogP contribution in [0.2, 0.25) is 0 Å². The second-order valence-electron chi connectivity index (χ2n) is 2.49. The SMILES string of the molecule is N#Cc1c(I)ccc2scc(Br)c12. The van der Waals surface area contributed by atoms with E-state index in [1.165, 1.54) is 0 Å². The van der Waals surface area contributed by atoms with Crippen LogP contribution in [0, 0.1) is 14.9 Å². The molecule has 1 aromatic heterocycles. The molecule has 0 N–H and O–H groups in total. The van der Waals surface area contributed by atoms with Crippen LogP contribution in [0.3, 0.4) is 0 Å². The van der Waals surface area contributed by atoms with Crippen molar-refractivity contribution < 1.29 is 0 Å². The maximum Gasteiger partial charge on any atom is 0.101 e. The molecule has 0 saturated heterocycles. The maximum absolute atomic E-state index is 8.99. The standard InChI is InChI=1S/C9H3BrINS/c10-6-4-13-8-2-1-7(11)5(3-12)9(6)8/h1-2,4H. The summed E-state index contributed by atoms with van der Waals surface area (Å²) in [7, 11) is 0. The summed E-state index contributed by atoms with van der Waals surface area (Å²) >= 11 is 7.28. The van der Waals surface area contributed by atoms with E-state index in [2.05, 4.69) is 44.6 Å². The molecule has 0 radical (unpaired) electrons. The van der Waals surface area contributed by atoms with Crippen LogP contribution in [0.15, 0.2) is 22.0 Å². The Morgan fingerprint density at radius 3 is 2.92 bits per heavy atom. The van der Waals surface area contributed by atoms with E-state index in [0.29, 0.717) is 0 Å². The van der Waals surface area contributed by atoms with Crippen molar-refractivity contribution in [2.75, 3.05) is 0 Å². The van der Waals surface area contributed by atoms with Gasteiger partial charge in [-0.15, -0.1) is 11.3 Å². The third-order valence-electron chi connectivity index (χ3n) is 1.76. The van der Waals surface area contributed by atoms with Gasteiger partial charge in [0.25, 0.3) is 0 Å². The lowest BCUT2D eigenvalue weighted by atomic mass is 10.1. The summed E-state index contributed by atoms with van der Waals surface area (Å²) < 4.78 is 3.18. The van der Waals surface area contributed by atoms with Gasteiger partial charge in [-0.1, -0.05) is 0 Å². The largest absolute Gasteiger partial charge is 0.192 e. The summed E-state index contributed by atoms with van der Waals surface area (Å²) in [6, 6.07) is 6.26. The Morgan fingerprint density at radius 1 is 1.46 bits per heavy atom. The first-order valence-corrected chi connectivity index (χ1v) is 6.24. The minimum absolute atomic E-state index is 0.770. The average molecular weight is 364 g/mol. The third kappa shape index (κ3) is 1.49. The van der Waals surface area contributed by atoms with Crippen molar-refractivity contribution in [1.82, 2.24) is 0 Å². The van der Waals surface area contributed by atoms with E-state index in [0.717, 1.165) is 23.7 Å². The molecule has 13 heavy (non-hydrogen) atoms. The summed E-state index contributed by atoms with van der Waals surface area (Å²) in [4.78, 5) is 0. The molecule has 0 unspecified atom stereocenters. The quantitative estimate of drug-likeness (QED) is 0.645. The molecular formula is C9H3BrINS. The maximum atomic E-state index is 8.99. The first-order chi connectivity index (χ1) is 6.24. The van der Waals surface area contributed by atoms with Crippen molar-refractivity contribution in [2.24, 2.45) is 0 Å². The highest BCUT2D eigenvalue weighted by Crippen LogP contribution is 2.34. The molecule has 2 rings (SSSR count). The highest BCUT2D eigenvalue weighted by atomic mass is 127. The van der Waals surface area contributed by atoms with Crippen LogP contribution < -0.4 is 0 Å². The van der Waals surface area contributed by atoms with Gasteiger partial charge in [-0.05, 0) is 50.7 Å². The van der Waals surface area contributed by atoms with Crippen molar-refractivity contribution in [2.45, 2.75) is 0 Å². The van der Waals surface area contributed by atoms with Crippen molar-refractivity contribution >= 4 is 59.9 Å². The van der Waals surface area contributed by atoms with Gasteiger partial charge in [0.2, 0.25) is 0 Å². The lowest BCUT2D eigenvalue weighted by Crippen LogP contribution is -1.81. The Bertz CT molecular complexity index is 512. The number of nitrogens with zero attached hydrogens (tertiary/aromatic N) is 1. The fraction of sp³-hybridized carbons (Fsp3) is 0. The summed E-state index contributed by atoms with van der Waals surface area (Å²) in [5.41, 5.74) is 0.770. The van der Waals surface area contributed by atoms with Gasteiger partial charge in [0, 0.05) is 23.5 Å². The van der Waals surface area contributed by atoms with E-state index in [1.807, 2.05) is 17.5 Å². The molecule has 4 heteroatoms. The zero-order valence-corrected chi connectivity index (χ0v) is 10.9. The van der Waals surface area contributed by atoms with Gasteiger partial charge in [-0.25, -0.2) is 0 Å². The normalized spacial score (nSPS) is 10.2. The van der Waals surface area contributed by atoms with E-state index in [4.69, 9.17) is 5.26 Å².